The Labute approximate surface area is 224 Å². The third kappa shape index (κ3) is 19.5. The zero-order valence-corrected chi connectivity index (χ0v) is 24.1. The fourth-order valence-corrected chi connectivity index (χ4v) is 4.47. The van der Waals surface area contributed by atoms with Crippen LogP contribution in [0.15, 0.2) is 24.3 Å². The summed E-state index contributed by atoms with van der Waals surface area (Å²) in [4.78, 5) is 23.7. The minimum atomic E-state index is -0.474. The molecule has 0 atom stereocenters. The summed E-state index contributed by atoms with van der Waals surface area (Å²) in [5.41, 5.74) is -0.474. The summed E-state index contributed by atoms with van der Waals surface area (Å²) >= 11 is 1.43. The predicted molar refractivity (Wildman–Crippen MR) is 151 cm³/mol. The summed E-state index contributed by atoms with van der Waals surface area (Å²) in [6.45, 7) is 8.56. The Kier molecular flexibility index (Phi) is 18.3. The Morgan fingerprint density at radius 3 is 1.78 bits per heavy atom. The molecule has 0 unspecified atom stereocenters. The Balaban J connectivity index is 2.00. The van der Waals surface area contributed by atoms with Gasteiger partial charge in [-0.25, -0.2) is 0 Å². The molecule has 0 N–H and O–H groups in total. The van der Waals surface area contributed by atoms with Gasteiger partial charge in [0.2, 0.25) is 0 Å². The number of Topliss-reactive ketones (excluding diaryl/α,β-unsaturated/α-hetero) is 1. The summed E-state index contributed by atoms with van der Waals surface area (Å²) in [6, 6.07) is 7.44. The van der Waals surface area contributed by atoms with Crippen LogP contribution in [0.25, 0.3) is 0 Å². The van der Waals surface area contributed by atoms with Crippen molar-refractivity contribution >= 4 is 23.5 Å². The third-order valence-electron chi connectivity index (χ3n) is 5.62. The summed E-state index contributed by atoms with van der Waals surface area (Å²) < 4.78 is 16.7. The highest BCUT2D eigenvalue weighted by Crippen LogP contribution is 2.19. The van der Waals surface area contributed by atoms with Crippen molar-refractivity contribution in [2.75, 3.05) is 24.7 Å². The number of thioether (sulfide) groups is 1. The SMILES string of the molecule is CCCCCCCCCCCCCCOc1ccc(OCC(=O)CSCCC(=O)OC(C)(C)C)cc1. The quantitative estimate of drug-likeness (QED) is 0.113. The van der Waals surface area contributed by atoms with Gasteiger partial charge in [0.25, 0.3) is 0 Å². The first-order chi connectivity index (χ1) is 17.3. The number of carbonyl (C=O) groups is 2. The van der Waals surface area contributed by atoms with E-state index in [1.54, 1.807) is 0 Å². The van der Waals surface area contributed by atoms with Crippen molar-refractivity contribution in [2.24, 2.45) is 0 Å². The highest BCUT2D eigenvalue weighted by molar-refractivity contribution is 7.99. The average molecular weight is 523 g/mol. The standard InChI is InChI=1S/C30H50O5S/c1-5-6-7-8-9-10-11-12-13-14-15-16-22-33-27-17-19-28(20-18-27)34-24-26(31)25-36-23-21-29(32)35-30(2,3)4/h17-20H,5-16,21-25H2,1-4H3. The number of unbranched alkanes of at least 4 members (excludes halogenated alkanes) is 11. The largest absolute Gasteiger partial charge is 0.494 e. The lowest BCUT2D eigenvalue weighted by molar-refractivity contribution is -0.154. The van der Waals surface area contributed by atoms with Crippen molar-refractivity contribution in [2.45, 2.75) is 117 Å². The van der Waals surface area contributed by atoms with Crippen molar-refractivity contribution < 1.29 is 23.8 Å². The number of hydrogen-bond donors (Lipinski definition) is 0. The van der Waals surface area contributed by atoms with Gasteiger partial charge in [-0.05, 0) is 51.5 Å². The molecular formula is C30H50O5S. The van der Waals surface area contributed by atoms with E-state index in [1.165, 1.54) is 82.4 Å². The third-order valence-corrected chi connectivity index (χ3v) is 6.64. The van der Waals surface area contributed by atoms with Crippen molar-refractivity contribution in [3.8, 4) is 11.5 Å². The van der Waals surface area contributed by atoms with Gasteiger partial charge in [0.15, 0.2) is 5.78 Å². The highest BCUT2D eigenvalue weighted by Gasteiger charge is 2.16. The van der Waals surface area contributed by atoms with Crippen LogP contribution >= 0.6 is 11.8 Å². The minimum absolute atomic E-state index is 0.00325. The molecule has 0 bridgehead atoms. The maximum atomic E-state index is 12.0. The monoisotopic (exact) mass is 522 g/mol. The number of esters is 1. The zero-order valence-electron chi connectivity index (χ0n) is 23.3. The molecule has 1 rings (SSSR count). The molecule has 0 aliphatic heterocycles. The maximum absolute atomic E-state index is 12.0. The molecule has 6 heteroatoms. The van der Waals surface area contributed by atoms with Gasteiger partial charge in [-0.1, -0.05) is 77.6 Å². The fourth-order valence-electron chi connectivity index (χ4n) is 3.70. The summed E-state index contributed by atoms with van der Waals surface area (Å²) in [5, 5.41) is 0. The van der Waals surface area contributed by atoms with E-state index in [1.807, 2.05) is 45.0 Å². The first-order valence-corrected chi connectivity index (χ1v) is 15.1. The second-order valence-electron chi connectivity index (χ2n) is 10.4. The van der Waals surface area contributed by atoms with E-state index in [0.717, 1.165) is 18.8 Å². The van der Waals surface area contributed by atoms with Gasteiger partial charge in [-0.3, -0.25) is 9.59 Å². The second kappa shape index (κ2) is 20.4. The first kappa shape index (κ1) is 32.3. The lowest BCUT2D eigenvalue weighted by Crippen LogP contribution is -2.24. The van der Waals surface area contributed by atoms with E-state index in [2.05, 4.69) is 6.92 Å². The van der Waals surface area contributed by atoms with Crippen molar-refractivity contribution in [1.82, 2.24) is 0 Å². The van der Waals surface area contributed by atoms with Gasteiger partial charge in [0, 0.05) is 5.75 Å². The van der Waals surface area contributed by atoms with Crippen LogP contribution in [0, 0.1) is 0 Å². The topological polar surface area (TPSA) is 61.8 Å². The molecule has 1 aromatic carbocycles. The molecule has 0 aromatic heterocycles. The van der Waals surface area contributed by atoms with Crippen LogP contribution in [-0.2, 0) is 14.3 Å². The molecule has 0 radical (unpaired) electrons. The second-order valence-corrected chi connectivity index (χ2v) is 11.5. The molecule has 5 nitrogen and oxygen atoms in total. The Bertz CT molecular complexity index is 696. The van der Waals surface area contributed by atoms with E-state index < -0.39 is 5.60 Å². The number of benzene rings is 1. The lowest BCUT2D eigenvalue weighted by atomic mass is 10.1. The molecule has 1 aromatic rings. The molecule has 0 saturated carbocycles. The van der Waals surface area contributed by atoms with Gasteiger partial charge in [-0.2, -0.15) is 11.8 Å². The summed E-state index contributed by atoms with van der Waals surface area (Å²) in [6.07, 6.45) is 16.3. The molecule has 0 amide bonds. The molecule has 0 heterocycles. The molecule has 0 saturated heterocycles. The van der Waals surface area contributed by atoms with Crippen molar-refractivity contribution in [3.05, 3.63) is 24.3 Å². The van der Waals surface area contributed by atoms with Gasteiger partial charge in [-0.15, -0.1) is 0 Å². The molecule has 0 aliphatic carbocycles. The fraction of sp³-hybridized carbons (Fsp3) is 0.733. The minimum Gasteiger partial charge on any atom is -0.494 e. The van der Waals surface area contributed by atoms with Crippen LogP contribution in [0.3, 0.4) is 0 Å². The van der Waals surface area contributed by atoms with Gasteiger partial charge in [0.1, 0.15) is 23.7 Å². The van der Waals surface area contributed by atoms with Crippen molar-refractivity contribution in [3.63, 3.8) is 0 Å². The first-order valence-electron chi connectivity index (χ1n) is 14.0. The predicted octanol–water partition coefficient (Wildman–Crippen LogP) is 8.18. The lowest BCUT2D eigenvalue weighted by Gasteiger charge is -2.19. The number of ketones is 1. The molecule has 0 aliphatic rings. The number of carbonyl (C=O) groups excluding carboxylic acids is 2. The molecule has 0 spiro atoms. The molecule has 206 valence electrons. The van der Waals surface area contributed by atoms with E-state index in [0.29, 0.717) is 23.7 Å². The van der Waals surface area contributed by atoms with Gasteiger partial charge < -0.3 is 14.2 Å². The molecule has 0 fully saturated rings. The number of hydrogen-bond acceptors (Lipinski definition) is 6. The number of ether oxygens (including phenoxy) is 3. The Morgan fingerprint density at radius 2 is 1.25 bits per heavy atom. The Morgan fingerprint density at radius 1 is 0.750 bits per heavy atom. The van der Waals surface area contributed by atoms with E-state index >= 15 is 0 Å². The van der Waals surface area contributed by atoms with Gasteiger partial charge >= 0.3 is 5.97 Å². The van der Waals surface area contributed by atoms with E-state index in [-0.39, 0.29) is 18.4 Å². The summed E-state index contributed by atoms with van der Waals surface area (Å²) in [7, 11) is 0. The average Bonchev–Trinajstić information content (AvgIpc) is 2.83. The van der Waals surface area contributed by atoms with Crippen LogP contribution < -0.4 is 9.47 Å². The maximum Gasteiger partial charge on any atom is 0.307 e. The smallest absolute Gasteiger partial charge is 0.307 e. The van der Waals surface area contributed by atoms with Gasteiger partial charge in [0.05, 0.1) is 18.8 Å². The summed E-state index contributed by atoms with van der Waals surface area (Å²) in [5.74, 6) is 2.13. The van der Waals surface area contributed by atoms with Crippen LogP contribution in [-0.4, -0.2) is 42.1 Å². The van der Waals surface area contributed by atoms with E-state index in [4.69, 9.17) is 14.2 Å². The molecule has 36 heavy (non-hydrogen) atoms. The highest BCUT2D eigenvalue weighted by atomic mass is 32.2. The van der Waals surface area contributed by atoms with Crippen molar-refractivity contribution in [1.29, 1.82) is 0 Å². The van der Waals surface area contributed by atoms with Crippen LogP contribution in [0.1, 0.15) is 111 Å². The van der Waals surface area contributed by atoms with Crippen LogP contribution in [0.4, 0.5) is 0 Å². The number of rotatable bonds is 22. The van der Waals surface area contributed by atoms with E-state index in [9.17, 15) is 9.59 Å². The van der Waals surface area contributed by atoms with Crippen LogP contribution in [0.2, 0.25) is 0 Å². The Hall–Kier alpha value is -1.69. The zero-order chi connectivity index (χ0) is 26.5. The normalized spacial score (nSPS) is 11.3. The van der Waals surface area contributed by atoms with Crippen LogP contribution in [0.5, 0.6) is 11.5 Å². The molecular weight excluding hydrogens is 472 g/mol.